The largest absolute Gasteiger partial charge is 0.508 e. The van der Waals surface area contributed by atoms with Gasteiger partial charge in [-0.1, -0.05) is 0 Å². The number of halogens is 2. The summed E-state index contributed by atoms with van der Waals surface area (Å²) < 4.78 is 26.0. The fourth-order valence-corrected chi connectivity index (χ4v) is 1.11. The summed E-state index contributed by atoms with van der Waals surface area (Å²) in [4.78, 5) is 0. The van der Waals surface area contributed by atoms with Gasteiger partial charge in [0.15, 0.2) is 0 Å². The number of benzene rings is 1. The van der Waals surface area contributed by atoms with E-state index in [1.807, 2.05) is 0 Å². The third-order valence-corrected chi connectivity index (χ3v) is 1.76. The predicted octanol–water partition coefficient (Wildman–Crippen LogP) is 1.56. The molecule has 0 aliphatic rings. The molecule has 0 aliphatic heterocycles. The molecule has 0 fully saturated rings. The maximum Gasteiger partial charge on any atom is 0.132 e. The lowest BCUT2D eigenvalue weighted by atomic mass is 10.1. The first-order chi connectivity index (χ1) is 6.15. The summed E-state index contributed by atoms with van der Waals surface area (Å²) in [7, 11) is 0. The van der Waals surface area contributed by atoms with Crippen molar-refractivity contribution in [2.45, 2.75) is 12.8 Å². The van der Waals surface area contributed by atoms with E-state index in [1.165, 1.54) is 0 Å². The smallest absolute Gasteiger partial charge is 0.132 e. The van der Waals surface area contributed by atoms with Crippen molar-refractivity contribution < 1.29 is 13.9 Å². The van der Waals surface area contributed by atoms with E-state index < -0.39 is 17.4 Å². The Hall–Kier alpha value is -1.16. The van der Waals surface area contributed by atoms with Crippen molar-refractivity contribution in [3.05, 3.63) is 29.3 Å². The molecule has 1 aromatic rings. The Morgan fingerprint density at radius 2 is 1.77 bits per heavy atom. The highest BCUT2D eigenvalue weighted by Crippen LogP contribution is 2.20. The standard InChI is InChI=1S/C9H11F2NO/c10-8-4-6(13)5-9(11)7(8)2-1-3-12/h4-5,13H,1-3,12H2. The molecule has 0 saturated heterocycles. The summed E-state index contributed by atoms with van der Waals surface area (Å²) in [6.07, 6.45) is 0.785. The third kappa shape index (κ3) is 2.39. The molecule has 0 aliphatic carbocycles. The van der Waals surface area contributed by atoms with Crippen molar-refractivity contribution in [1.29, 1.82) is 0 Å². The third-order valence-electron chi connectivity index (χ3n) is 1.76. The fourth-order valence-electron chi connectivity index (χ4n) is 1.11. The van der Waals surface area contributed by atoms with E-state index in [4.69, 9.17) is 10.8 Å². The number of phenols is 1. The second kappa shape index (κ2) is 4.18. The molecule has 0 unspecified atom stereocenters. The topological polar surface area (TPSA) is 46.2 Å². The van der Waals surface area contributed by atoms with Gasteiger partial charge >= 0.3 is 0 Å². The van der Waals surface area contributed by atoms with Crippen LogP contribution >= 0.6 is 0 Å². The molecule has 13 heavy (non-hydrogen) atoms. The van der Waals surface area contributed by atoms with Crippen LogP contribution in [-0.4, -0.2) is 11.7 Å². The highest BCUT2D eigenvalue weighted by Gasteiger charge is 2.09. The molecule has 0 spiro atoms. The van der Waals surface area contributed by atoms with Crippen LogP contribution in [0, 0.1) is 11.6 Å². The zero-order chi connectivity index (χ0) is 9.84. The Labute approximate surface area is 75.0 Å². The molecule has 0 atom stereocenters. The molecule has 0 aromatic heterocycles. The summed E-state index contributed by atoms with van der Waals surface area (Å²) in [6, 6.07) is 1.80. The van der Waals surface area contributed by atoms with Crippen molar-refractivity contribution in [1.82, 2.24) is 0 Å². The van der Waals surface area contributed by atoms with Gasteiger partial charge in [0.2, 0.25) is 0 Å². The van der Waals surface area contributed by atoms with E-state index >= 15 is 0 Å². The van der Waals surface area contributed by atoms with Crippen LogP contribution in [0.1, 0.15) is 12.0 Å². The minimum absolute atomic E-state index is 0.0109. The van der Waals surface area contributed by atoms with Gasteiger partial charge in [0.1, 0.15) is 17.4 Å². The molecule has 1 rings (SSSR count). The summed E-state index contributed by atoms with van der Waals surface area (Å²) in [5, 5.41) is 8.84. The number of hydrogen-bond acceptors (Lipinski definition) is 2. The Balaban J connectivity index is 2.92. The second-order valence-electron chi connectivity index (χ2n) is 2.78. The summed E-state index contributed by atoms with van der Waals surface area (Å²) in [5.41, 5.74) is 5.20. The lowest BCUT2D eigenvalue weighted by molar-refractivity contribution is 0.456. The molecule has 0 heterocycles. The van der Waals surface area contributed by atoms with Gasteiger partial charge in [-0.25, -0.2) is 8.78 Å². The second-order valence-corrected chi connectivity index (χ2v) is 2.78. The van der Waals surface area contributed by atoms with E-state index in [-0.39, 0.29) is 12.0 Å². The van der Waals surface area contributed by atoms with Crippen LogP contribution in [-0.2, 0) is 6.42 Å². The summed E-state index contributed by atoms with van der Waals surface area (Å²) in [6.45, 7) is 0.389. The molecule has 0 saturated carbocycles. The van der Waals surface area contributed by atoms with Gasteiger partial charge < -0.3 is 10.8 Å². The molecule has 72 valence electrons. The van der Waals surface area contributed by atoms with E-state index in [0.717, 1.165) is 12.1 Å². The summed E-state index contributed by atoms with van der Waals surface area (Å²) >= 11 is 0. The lowest BCUT2D eigenvalue weighted by Crippen LogP contribution is -2.03. The van der Waals surface area contributed by atoms with Crippen molar-refractivity contribution in [3.8, 4) is 5.75 Å². The Kier molecular flexibility index (Phi) is 3.19. The fraction of sp³-hybridized carbons (Fsp3) is 0.333. The molecule has 2 nitrogen and oxygen atoms in total. The van der Waals surface area contributed by atoms with Gasteiger partial charge in [-0.05, 0) is 19.4 Å². The van der Waals surface area contributed by atoms with Gasteiger partial charge in [0, 0.05) is 17.7 Å². The van der Waals surface area contributed by atoms with Gasteiger partial charge in [0.25, 0.3) is 0 Å². The first-order valence-corrected chi connectivity index (χ1v) is 4.02. The van der Waals surface area contributed by atoms with Crippen molar-refractivity contribution in [2.75, 3.05) is 6.54 Å². The Morgan fingerprint density at radius 3 is 2.23 bits per heavy atom. The zero-order valence-corrected chi connectivity index (χ0v) is 7.06. The van der Waals surface area contributed by atoms with E-state index in [0.29, 0.717) is 13.0 Å². The zero-order valence-electron chi connectivity index (χ0n) is 7.06. The van der Waals surface area contributed by atoms with Crippen molar-refractivity contribution in [3.63, 3.8) is 0 Å². The van der Waals surface area contributed by atoms with Gasteiger partial charge in [0.05, 0.1) is 0 Å². The van der Waals surface area contributed by atoms with Crippen molar-refractivity contribution in [2.24, 2.45) is 5.73 Å². The SMILES string of the molecule is NCCCc1c(F)cc(O)cc1F. The van der Waals surface area contributed by atoms with Gasteiger partial charge in [-0.3, -0.25) is 0 Å². The molecular formula is C9H11F2NO. The van der Waals surface area contributed by atoms with Gasteiger partial charge in [-0.2, -0.15) is 0 Å². The Bertz CT molecular complexity index is 279. The van der Waals surface area contributed by atoms with Crippen LogP contribution in [0.5, 0.6) is 5.75 Å². The number of phenolic OH excluding ortho intramolecular Hbond substituents is 1. The number of aromatic hydroxyl groups is 1. The average molecular weight is 187 g/mol. The minimum Gasteiger partial charge on any atom is -0.508 e. The van der Waals surface area contributed by atoms with Crippen LogP contribution < -0.4 is 5.73 Å². The number of nitrogens with two attached hydrogens (primary N) is 1. The highest BCUT2D eigenvalue weighted by atomic mass is 19.1. The predicted molar refractivity (Wildman–Crippen MR) is 45.4 cm³/mol. The van der Waals surface area contributed by atoms with Crippen molar-refractivity contribution >= 4 is 0 Å². The molecule has 3 N–H and O–H groups in total. The van der Waals surface area contributed by atoms with E-state index in [9.17, 15) is 8.78 Å². The maximum atomic E-state index is 13.0. The van der Waals surface area contributed by atoms with E-state index in [1.54, 1.807) is 0 Å². The average Bonchev–Trinajstić information content (AvgIpc) is 2.02. The number of rotatable bonds is 3. The van der Waals surface area contributed by atoms with Gasteiger partial charge in [-0.15, -0.1) is 0 Å². The summed E-state index contributed by atoms with van der Waals surface area (Å²) in [5.74, 6) is -1.83. The van der Waals surface area contributed by atoms with Crippen LogP contribution in [0.25, 0.3) is 0 Å². The molecule has 4 heteroatoms. The number of hydrogen-bond donors (Lipinski definition) is 2. The Morgan fingerprint density at radius 1 is 1.23 bits per heavy atom. The minimum atomic E-state index is -0.717. The first kappa shape index (κ1) is 9.92. The van der Waals surface area contributed by atoms with Crippen LogP contribution in [0.3, 0.4) is 0 Å². The van der Waals surface area contributed by atoms with Crippen LogP contribution in [0.2, 0.25) is 0 Å². The molecule has 1 aromatic carbocycles. The molecule has 0 bridgehead atoms. The van der Waals surface area contributed by atoms with Crippen LogP contribution in [0.15, 0.2) is 12.1 Å². The monoisotopic (exact) mass is 187 g/mol. The molecular weight excluding hydrogens is 176 g/mol. The highest BCUT2D eigenvalue weighted by molar-refractivity contribution is 5.29. The van der Waals surface area contributed by atoms with E-state index in [2.05, 4.69) is 0 Å². The lowest BCUT2D eigenvalue weighted by Gasteiger charge is -2.04. The first-order valence-electron chi connectivity index (χ1n) is 4.02. The maximum absolute atomic E-state index is 13.0. The quantitative estimate of drug-likeness (QED) is 0.754. The molecule has 0 amide bonds. The van der Waals surface area contributed by atoms with Crippen LogP contribution in [0.4, 0.5) is 8.78 Å². The molecule has 0 radical (unpaired) electrons. The normalized spacial score (nSPS) is 10.4.